The van der Waals surface area contributed by atoms with E-state index in [1.54, 1.807) is 0 Å². The first-order valence-corrected chi connectivity index (χ1v) is 12.0. The normalized spacial score (nSPS) is 21.1. The molecule has 32 heavy (non-hydrogen) atoms. The van der Waals surface area contributed by atoms with E-state index in [2.05, 4.69) is 89.9 Å². The van der Waals surface area contributed by atoms with E-state index in [0.717, 1.165) is 26.1 Å². The molecule has 2 atom stereocenters. The van der Waals surface area contributed by atoms with Gasteiger partial charge in [-0.2, -0.15) is 0 Å². The number of halogens is 1. The van der Waals surface area contributed by atoms with Gasteiger partial charge in [0.2, 0.25) is 0 Å². The molecule has 0 saturated carbocycles. The molecule has 1 aliphatic carbocycles. The van der Waals surface area contributed by atoms with Crippen LogP contribution in [0.5, 0.6) is 0 Å². The second kappa shape index (κ2) is 9.46. The quantitative estimate of drug-likeness (QED) is 0.474. The fourth-order valence-corrected chi connectivity index (χ4v) is 5.57. The number of likely N-dealkylation sites (tertiary alicyclic amines) is 1. The van der Waals surface area contributed by atoms with Crippen LogP contribution in [0.2, 0.25) is 0 Å². The number of hydrogen-bond donors (Lipinski definition) is 1. The van der Waals surface area contributed by atoms with Crippen molar-refractivity contribution in [3.63, 3.8) is 0 Å². The lowest BCUT2D eigenvalue weighted by molar-refractivity contribution is 0.155. The van der Waals surface area contributed by atoms with Crippen molar-refractivity contribution in [2.45, 2.75) is 44.1 Å². The lowest BCUT2D eigenvalue weighted by Gasteiger charge is -2.40. The molecule has 3 aromatic rings. The molecule has 5 rings (SSSR count). The maximum Gasteiger partial charge on any atom is 0.0906 e. The molecular formula is C29H33FN2. The van der Waals surface area contributed by atoms with E-state index in [1.807, 2.05) is 0 Å². The van der Waals surface area contributed by atoms with Crippen LogP contribution in [0.4, 0.5) is 10.1 Å². The number of nitrogens with zero attached hydrogens (tertiary/aromatic N) is 1. The minimum absolute atomic E-state index is 0.218. The second-order valence-corrected chi connectivity index (χ2v) is 9.50. The van der Waals surface area contributed by atoms with Gasteiger partial charge >= 0.3 is 0 Å². The van der Waals surface area contributed by atoms with Gasteiger partial charge in [0.1, 0.15) is 0 Å². The molecule has 0 radical (unpaired) electrons. The van der Waals surface area contributed by atoms with Crippen molar-refractivity contribution < 1.29 is 4.39 Å². The SMILES string of the molecule is Cc1ccc2c(c1)CC[C@@H](c1ccccc1)[C@H]2c1ccc(NC2CN(CCCF)C2)cc1. The van der Waals surface area contributed by atoms with Gasteiger partial charge in [-0.15, -0.1) is 0 Å². The van der Waals surface area contributed by atoms with Crippen LogP contribution >= 0.6 is 0 Å². The van der Waals surface area contributed by atoms with Crippen LogP contribution in [0.3, 0.4) is 0 Å². The molecule has 0 aromatic heterocycles. The highest BCUT2D eigenvalue weighted by molar-refractivity contribution is 5.51. The van der Waals surface area contributed by atoms with Crippen molar-refractivity contribution >= 4 is 5.69 Å². The fraction of sp³-hybridized carbons (Fsp3) is 0.379. The van der Waals surface area contributed by atoms with Crippen molar-refractivity contribution in [1.29, 1.82) is 0 Å². The summed E-state index contributed by atoms with van der Waals surface area (Å²) in [6.45, 7) is 4.86. The first-order valence-electron chi connectivity index (χ1n) is 12.0. The van der Waals surface area contributed by atoms with Gasteiger partial charge in [0, 0.05) is 31.2 Å². The number of rotatable bonds is 7. The third-order valence-corrected chi connectivity index (χ3v) is 7.19. The summed E-state index contributed by atoms with van der Waals surface area (Å²) >= 11 is 0. The van der Waals surface area contributed by atoms with E-state index >= 15 is 0 Å². The average molecular weight is 429 g/mol. The molecule has 2 nitrogen and oxygen atoms in total. The smallest absolute Gasteiger partial charge is 0.0906 e. The summed E-state index contributed by atoms with van der Waals surface area (Å²) < 4.78 is 12.4. The number of benzene rings is 3. The van der Waals surface area contributed by atoms with Crippen molar-refractivity contribution in [2.75, 3.05) is 31.6 Å². The fourth-order valence-electron chi connectivity index (χ4n) is 5.57. The van der Waals surface area contributed by atoms with Gasteiger partial charge in [-0.05, 0) is 66.5 Å². The third kappa shape index (κ3) is 4.45. The Kier molecular flexibility index (Phi) is 6.27. The van der Waals surface area contributed by atoms with Gasteiger partial charge in [-0.3, -0.25) is 9.29 Å². The van der Waals surface area contributed by atoms with E-state index in [4.69, 9.17) is 0 Å². The molecule has 3 heteroatoms. The van der Waals surface area contributed by atoms with Crippen molar-refractivity contribution in [1.82, 2.24) is 4.90 Å². The molecule has 1 aliphatic heterocycles. The number of nitrogens with one attached hydrogen (secondary N) is 1. The lowest BCUT2D eigenvalue weighted by atomic mass is 9.69. The molecule has 0 amide bonds. The maximum absolute atomic E-state index is 12.4. The van der Waals surface area contributed by atoms with Crippen LogP contribution < -0.4 is 5.32 Å². The van der Waals surface area contributed by atoms with Crippen molar-refractivity contribution in [3.8, 4) is 0 Å². The highest BCUT2D eigenvalue weighted by Gasteiger charge is 2.32. The molecule has 0 spiro atoms. The van der Waals surface area contributed by atoms with E-state index in [9.17, 15) is 4.39 Å². The number of alkyl halides is 1. The molecule has 166 valence electrons. The van der Waals surface area contributed by atoms with Crippen LogP contribution in [0, 0.1) is 6.92 Å². The molecular weight excluding hydrogens is 395 g/mol. The summed E-state index contributed by atoms with van der Waals surface area (Å²) in [5, 5.41) is 3.65. The number of hydrogen-bond acceptors (Lipinski definition) is 2. The monoisotopic (exact) mass is 428 g/mol. The molecule has 0 unspecified atom stereocenters. The maximum atomic E-state index is 12.4. The first-order chi connectivity index (χ1) is 15.7. The van der Waals surface area contributed by atoms with Gasteiger partial charge in [0.05, 0.1) is 12.7 Å². The second-order valence-electron chi connectivity index (χ2n) is 9.50. The van der Waals surface area contributed by atoms with Crippen LogP contribution in [-0.4, -0.2) is 37.3 Å². The van der Waals surface area contributed by atoms with Crippen LogP contribution in [0.15, 0.2) is 72.8 Å². The Hall–Kier alpha value is -2.65. The third-order valence-electron chi connectivity index (χ3n) is 7.19. The van der Waals surface area contributed by atoms with Gasteiger partial charge in [0.25, 0.3) is 0 Å². The van der Waals surface area contributed by atoms with E-state index in [0.29, 0.717) is 24.3 Å². The predicted octanol–water partition coefficient (Wildman–Crippen LogP) is 6.31. The molecule has 1 N–H and O–H groups in total. The number of anilines is 1. The first kappa shape index (κ1) is 21.2. The largest absolute Gasteiger partial charge is 0.380 e. The summed E-state index contributed by atoms with van der Waals surface area (Å²) in [7, 11) is 0. The summed E-state index contributed by atoms with van der Waals surface area (Å²) in [6, 6.07) is 27.6. The van der Waals surface area contributed by atoms with Gasteiger partial charge in [-0.1, -0.05) is 66.2 Å². The molecule has 2 aliphatic rings. The zero-order valence-electron chi connectivity index (χ0n) is 18.9. The Morgan fingerprint density at radius 2 is 1.72 bits per heavy atom. The summed E-state index contributed by atoms with van der Waals surface area (Å²) in [5.41, 5.74) is 8.36. The topological polar surface area (TPSA) is 15.3 Å². The molecule has 1 heterocycles. The van der Waals surface area contributed by atoms with Crippen LogP contribution in [-0.2, 0) is 6.42 Å². The Balaban J connectivity index is 1.36. The Morgan fingerprint density at radius 1 is 0.938 bits per heavy atom. The van der Waals surface area contributed by atoms with Gasteiger partial charge in [-0.25, -0.2) is 0 Å². The predicted molar refractivity (Wildman–Crippen MR) is 131 cm³/mol. The minimum atomic E-state index is -0.218. The van der Waals surface area contributed by atoms with Crippen molar-refractivity contribution in [2.24, 2.45) is 0 Å². The highest BCUT2D eigenvalue weighted by atomic mass is 19.1. The lowest BCUT2D eigenvalue weighted by Crippen LogP contribution is -2.54. The summed E-state index contributed by atoms with van der Waals surface area (Å²) in [5.74, 6) is 0.886. The highest BCUT2D eigenvalue weighted by Crippen LogP contribution is 2.46. The van der Waals surface area contributed by atoms with E-state index in [1.165, 1.54) is 39.9 Å². The Bertz CT molecular complexity index is 1020. The average Bonchev–Trinajstić information content (AvgIpc) is 2.80. The molecule has 1 saturated heterocycles. The van der Waals surface area contributed by atoms with Gasteiger partial charge in [0.15, 0.2) is 0 Å². The zero-order chi connectivity index (χ0) is 21.9. The van der Waals surface area contributed by atoms with E-state index in [-0.39, 0.29) is 6.67 Å². The van der Waals surface area contributed by atoms with Crippen LogP contribution in [0.1, 0.15) is 52.5 Å². The van der Waals surface area contributed by atoms with E-state index < -0.39 is 0 Å². The standard InChI is InChI=1S/C29H33FN2/c1-21-8-14-28-24(18-21)11-15-27(22-6-3-2-4-7-22)29(28)23-9-12-25(13-10-23)31-26-19-32(20-26)17-5-16-30/h2-4,6-10,12-14,18,26-27,29,31H,5,11,15-17,19-20H2,1H3/t27-,29+/m0/s1. The molecule has 0 bridgehead atoms. The minimum Gasteiger partial charge on any atom is -0.380 e. The number of aryl methyl sites for hydroxylation is 2. The van der Waals surface area contributed by atoms with Crippen molar-refractivity contribution in [3.05, 3.63) is 101 Å². The van der Waals surface area contributed by atoms with Crippen LogP contribution in [0.25, 0.3) is 0 Å². The zero-order valence-corrected chi connectivity index (χ0v) is 18.9. The summed E-state index contributed by atoms with van der Waals surface area (Å²) in [4.78, 5) is 2.32. The molecule has 3 aromatic carbocycles. The Morgan fingerprint density at radius 3 is 2.47 bits per heavy atom. The van der Waals surface area contributed by atoms with Gasteiger partial charge < -0.3 is 5.32 Å². The Labute approximate surface area is 191 Å². The summed E-state index contributed by atoms with van der Waals surface area (Å²) in [6.07, 6.45) is 2.97. The molecule has 1 fully saturated rings. The number of fused-ring (bicyclic) bond motifs is 1.